The molecule has 0 N–H and O–H groups in total. The number of benzene rings is 1. The van der Waals surface area contributed by atoms with E-state index in [-0.39, 0.29) is 4.90 Å². The van der Waals surface area contributed by atoms with Gasteiger partial charge in [-0.2, -0.15) is 8.42 Å². The molecule has 0 aliphatic carbocycles. The first-order valence-electron chi connectivity index (χ1n) is 4.15. The molecule has 0 aliphatic rings. The zero-order valence-electron chi connectivity index (χ0n) is 7.82. The van der Waals surface area contributed by atoms with E-state index in [1.165, 1.54) is 36.7 Å². The Hall–Kier alpha value is -1.60. The van der Waals surface area contributed by atoms with Crippen LogP contribution in [0.3, 0.4) is 0 Å². The summed E-state index contributed by atoms with van der Waals surface area (Å²) in [5.41, 5.74) is 0. The van der Waals surface area contributed by atoms with Crippen LogP contribution in [0.25, 0.3) is 0 Å². The molecule has 0 bridgehead atoms. The van der Waals surface area contributed by atoms with Crippen molar-refractivity contribution in [2.75, 3.05) is 0 Å². The molecule has 0 atom stereocenters. The second kappa shape index (κ2) is 4.11. The summed E-state index contributed by atoms with van der Waals surface area (Å²) in [5, 5.41) is 7.24. The summed E-state index contributed by atoms with van der Waals surface area (Å²) >= 11 is 5.64. The van der Waals surface area contributed by atoms with Gasteiger partial charge in [-0.05, 0) is 29.5 Å². The molecule has 0 saturated heterocycles. The van der Waals surface area contributed by atoms with Crippen LogP contribution < -0.4 is 4.28 Å². The van der Waals surface area contributed by atoms with Crippen LogP contribution in [0.4, 0.5) is 0 Å². The normalized spacial score (nSPS) is 11.3. The predicted octanol–water partition coefficient (Wildman–Crippen LogP) is 0.749. The second-order valence-electron chi connectivity index (χ2n) is 2.79. The lowest BCUT2D eigenvalue weighted by Gasteiger charge is -2.04. The zero-order valence-corrected chi connectivity index (χ0v) is 9.39. The van der Waals surface area contributed by atoms with Gasteiger partial charge in [0.1, 0.15) is 4.90 Å². The van der Waals surface area contributed by atoms with E-state index in [4.69, 9.17) is 11.6 Å². The van der Waals surface area contributed by atoms with E-state index < -0.39 is 10.1 Å². The molecule has 0 saturated carbocycles. The van der Waals surface area contributed by atoms with Crippen molar-refractivity contribution in [3.05, 3.63) is 41.7 Å². The third-order valence-electron chi connectivity index (χ3n) is 1.68. The predicted molar refractivity (Wildman–Crippen MR) is 55.2 cm³/mol. The molecule has 8 heteroatoms. The largest absolute Gasteiger partial charge is 0.358 e. The third kappa shape index (κ3) is 2.31. The second-order valence-corrected chi connectivity index (χ2v) is 4.75. The minimum Gasteiger partial charge on any atom is -0.264 e. The van der Waals surface area contributed by atoms with Gasteiger partial charge in [-0.1, -0.05) is 16.4 Å². The molecule has 0 aliphatic heterocycles. The summed E-state index contributed by atoms with van der Waals surface area (Å²) in [4.78, 5) is 0.747. The van der Waals surface area contributed by atoms with E-state index in [0.717, 1.165) is 4.85 Å². The van der Waals surface area contributed by atoms with Gasteiger partial charge in [0.15, 0.2) is 0 Å². The van der Waals surface area contributed by atoms with Crippen molar-refractivity contribution in [2.45, 2.75) is 4.90 Å². The first-order valence-corrected chi connectivity index (χ1v) is 5.93. The standard InChI is InChI=1S/C8H6ClN3O3S/c9-7-1-3-8(4-2-7)16(13,14)15-12-6-5-10-11-12/h1-6H. The molecule has 2 aromatic rings. The van der Waals surface area contributed by atoms with Crippen molar-refractivity contribution in [3.63, 3.8) is 0 Å². The first kappa shape index (κ1) is 10.9. The van der Waals surface area contributed by atoms with E-state index in [2.05, 4.69) is 14.6 Å². The van der Waals surface area contributed by atoms with Gasteiger partial charge < -0.3 is 0 Å². The fourth-order valence-electron chi connectivity index (χ4n) is 0.982. The van der Waals surface area contributed by atoms with E-state index in [1.54, 1.807) is 0 Å². The molecule has 1 heterocycles. The van der Waals surface area contributed by atoms with Gasteiger partial charge in [0, 0.05) is 5.02 Å². The fourth-order valence-corrected chi connectivity index (χ4v) is 1.94. The van der Waals surface area contributed by atoms with Gasteiger partial charge in [0.05, 0.1) is 12.4 Å². The third-order valence-corrected chi connectivity index (χ3v) is 3.13. The summed E-state index contributed by atoms with van der Waals surface area (Å²) in [6.07, 6.45) is 2.57. The molecule has 0 spiro atoms. The van der Waals surface area contributed by atoms with Crippen LogP contribution in [0.2, 0.25) is 5.02 Å². The Bertz CT molecular complexity index is 565. The van der Waals surface area contributed by atoms with Crippen LogP contribution in [0.1, 0.15) is 0 Å². The van der Waals surface area contributed by atoms with E-state index in [0.29, 0.717) is 5.02 Å². The maximum atomic E-state index is 11.7. The van der Waals surface area contributed by atoms with Crippen molar-refractivity contribution >= 4 is 21.7 Å². The molecular weight excluding hydrogens is 254 g/mol. The lowest BCUT2D eigenvalue weighted by molar-refractivity contribution is 0.233. The molecular formula is C8H6ClN3O3S. The Morgan fingerprint density at radius 1 is 1.25 bits per heavy atom. The molecule has 16 heavy (non-hydrogen) atoms. The number of hydrogen-bond acceptors (Lipinski definition) is 5. The highest BCUT2D eigenvalue weighted by Gasteiger charge is 2.16. The molecule has 0 fully saturated rings. The van der Waals surface area contributed by atoms with Crippen molar-refractivity contribution < 1.29 is 12.7 Å². The number of nitrogens with zero attached hydrogens (tertiary/aromatic N) is 3. The van der Waals surface area contributed by atoms with Crippen LogP contribution in [0.5, 0.6) is 0 Å². The van der Waals surface area contributed by atoms with E-state index in [9.17, 15) is 8.42 Å². The molecule has 6 nitrogen and oxygen atoms in total. The van der Waals surface area contributed by atoms with Gasteiger partial charge in [0.2, 0.25) is 0 Å². The van der Waals surface area contributed by atoms with Crippen molar-refractivity contribution in [1.82, 2.24) is 15.2 Å². The summed E-state index contributed by atoms with van der Waals surface area (Å²) in [5.74, 6) is 0. The minimum absolute atomic E-state index is 0.00704. The van der Waals surface area contributed by atoms with Crippen molar-refractivity contribution in [3.8, 4) is 0 Å². The van der Waals surface area contributed by atoms with E-state index in [1.807, 2.05) is 0 Å². The zero-order chi connectivity index (χ0) is 11.6. The van der Waals surface area contributed by atoms with Crippen LogP contribution >= 0.6 is 11.6 Å². The molecule has 0 amide bonds. The van der Waals surface area contributed by atoms with Gasteiger partial charge in [-0.3, -0.25) is 4.28 Å². The quantitative estimate of drug-likeness (QED) is 0.813. The van der Waals surface area contributed by atoms with Crippen LogP contribution in [0, 0.1) is 0 Å². The fraction of sp³-hybridized carbons (Fsp3) is 0. The molecule has 1 aromatic heterocycles. The average Bonchev–Trinajstić information content (AvgIpc) is 2.70. The van der Waals surface area contributed by atoms with Crippen LogP contribution in [-0.4, -0.2) is 23.6 Å². The number of aromatic nitrogens is 3. The minimum atomic E-state index is -3.90. The lowest BCUT2D eigenvalue weighted by Crippen LogP contribution is -2.20. The Morgan fingerprint density at radius 2 is 1.94 bits per heavy atom. The summed E-state index contributed by atoms with van der Waals surface area (Å²) in [7, 11) is -3.90. The maximum Gasteiger partial charge on any atom is 0.358 e. The average molecular weight is 260 g/mol. The number of rotatable bonds is 3. The topological polar surface area (TPSA) is 74.1 Å². The maximum absolute atomic E-state index is 11.7. The summed E-state index contributed by atoms with van der Waals surface area (Å²) in [6.45, 7) is 0. The lowest BCUT2D eigenvalue weighted by atomic mass is 10.4. The number of hydrogen-bond donors (Lipinski definition) is 0. The highest BCUT2D eigenvalue weighted by molar-refractivity contribution is 7.87. The first-order chi connectivity index (χ1) is 7.58. The highest BCUT2D eigenvalue weighted by atomic mass is 35.5. The van der Waals surface area contributed by atoms with Crippen LogP contribution in [0.15, 0.2) is 41.6 Å². The van der Waals surface area contributed by atoms with E-state index >= 15 is 0 Å². The monoisotopic (exact) mass is 259 g/mol. The van der Waals surface area contributed by atoms with Gasteiger partial charge >= 0.3 is 10.1 Å². The molecule has 84 valence electrons. The summed E-state index contributed by atoms with van der Waals surface area (Å²) in [6, 6.07) is 5.60. The Labute approximate surface area is 96.5 Å². The SMILES string of the molecule is O=S(=O)(On1ccnn1)c1ccc(Cl)cc1. The van der Waals surface area contributed by atoms with Gasteiger partial charge in [-0.25, -0.2) is 0 Å². The molecule has 1 aromatic carbocycles. The Balaban J connectivity index is 2.29. The highest BCUT2D eigenvalue weighted by Crippen LogP contribution is 2.14. The molecule has 0 unspecified atom stereocenters. The van der Waals surface area contributed by atoms with Crippen molar-refractivity contribution in [2.24, 2.45) is 0 Å². The smallest absolute Gasteiger partial charge is 0.264 e. The summed E-state index contributed by atoms with van der Waals surface area (Å²) < 4.78 is 28.0. The molecule has 0 radical (unpaired) electrons. The number of halogens is 1. The molecule has 2 rings (SSSR count). The van der Waals surface area contributed by atoms with Crippen LogP contribution in [-0.2, 0) is 10.1 Å². The Kier molecular flexibility index (Phi) is 2.80. The van der Waals surface area contributed by atoms with Crippen molar-refractivity contribution in [1.29, 1.82) is 0 Å². The van der Waals surface area contributed by atoms with Gasteiger partial charge in [-0.15, -0.1) is 5.10 Å². The Morgan fingerprint density at radius 3 is 2.50 bits per heavy atom. The van der Waals surface area contributed by atoms with Gasteiger partial charge in [0.25, 0.3) is 0 Å².